The topological polar surface area (TPSA) is 59.1 Å². The van der Waals surface area contributed by atoms with E-state index in [4.69, 9.17) is 11.6 Å². The van der Waals surface area contributed by atoms with Gasteiger partial charge >= 0.3 is 0 Å². The number of hydrogen-bond donors (Lipinski definition) is 1. The number of halogens is 1. The van der Waals surface area contributed by atoms with Gasteiger partial charge in [0.05, 0.1) is 5.75 Å². The van der Waals surface area contributed by atoms with Crippen molar-refractivity contribution in [2.45, 2.75) is 26.2 Å². The Balaban J connectivity index is 2.25. The Kier molecular flexibility index (Phi) is 7.34. The fourth-order valence-electron chi connectivity index (χ4n) is 1.63. The molecular formula is C13H21ClN2O2S. The van der Waals surface area contributed by atoms with Crippen LogP contribution in [0, 0.1) is 5.92 Å². The molecule has 0 amide bonds. The lowest BCUT2D eigenvalue weighted by atomic mass is 10.1. The molecule has 1 rings (SSSR count). The Bertz CT molecular complexity index is 451. The molecule has 19 heavy (non-hydrogen) atoms. The molecule has 0 saturated carbocycles. The highest BCUT2D eigenvalue weighted by Crippen LogP contribution is 2.06. The Morgan fingerprint density at radius 3 is 2.68 bits per heavy atom. The molecule has 0 fully saturated rings. The highest BCUT2D eigenvalue weighted by Gasteiger charge is 2.10. The molecule has 1 heterocycles. The summed E-state index contributed by atoms with van der Waals surface area (Å²) in [5.41, 5.74) is 0.983. The van der Waals surface area contributed by atoms with Crippen molar-refractivity contribution in [3.63, 3.8) is 0 Å². The van der Waals surface area contributed by atoms with Gasteiger partial charge in [0.25, 0.3) is 0 Å². The third-order valence-electron chi connectivity index (χ3n) is 2.87. The van der Waals surface area contributed by atoms with Crippen LogP contribution in [0.15, 0.2) is 24.5 Å². The van der Waals surface area contributed by atoms with Crippen LogP contribution in [0.5, 0.6) is 0 Å². The fourth-order valence-corrected chi connectivity index (χ4v) is 2.89. The largest absolute Gasteiger partial charge is 0.265 e. The van der Waals surface area contributed by atoms with Crippen LogP contribution in [0.2, 0.25) is 0 Å². The van der Waals surface area contributed by atoms with Gasteiger partial charge in [-0.15, -0.1) is 11.6 Å². The third kappa shape index (κ3) is 7.50. The summed E-state index contributed by atoms with van der Waals surface area (Å²) in [6, 6.07) is 3.66. The molecule has 0 aliphatic rings. The minimum Gasteiger partial charge on any atom is -0.265 e. The van der Waals surface area contributed by atoms with Crippen LogP contribution in [-0.4, -0.2) is 31.6 Å². The molecule has 0 aliphatic heterocycles. The molecular weight excluding hydrogens is 284 g/mol. The highest BCUT2D eigenvalue weighted by molar-refractivity contribution is 7.89. The van der Waals surface area contributed by atoms with Crippen LogP contribution < -0.4 is 4.72 Å². The van der Waals surface area contributed by atoms with Crippen molar-refractivity contribution in [3.8, 4) is 0 Å². The first-order valence-corrected chi connectivity index (χ1v) is 8.64. The molecule has 0 aliphatic carbocycles. The maximum atomic E-state index is 11.8. The Morgan fingerprint density at radius 2 is 2.05 bits per heavy atom. The number of pyridine rings is 1. The fraction of sp³-hybridized carbons (Fsp3) is 0.615. The first-order chi connectivity index (χ1) is 9.03. The van der Waals surface area contributed by atoms with Gasteiger partial charge in [0, 0.05) is 24.8 Å². The summed E-state index contributed by atoms with van der Waals surface area (Å²) in [5, 5.41) is 0. The summed E-state index contributed by atoms with van der Waals surface area (Å²) < 4.78 is 26.2. The predicted molar refractivity (Wildman–Crippen MR) is 78.8 cm³/mol. The lowest BCUT2D eigenvalue weighted by Crippen LogP contribution is -2.28. The molecule has 4 nitrogen and oxygen atoms in total. The van der Waals surface area contributed by atoms with Crippen molar-refractivity contribution in [3.05, 3.63) is 30.1 Å². The maximum absolute atomic E-state index is 11.8. The summed E-state index contributed by atoms with van der Waals surface area (Å²) in [7, 11) is -3.19. The lowest BCUT2D eigenvalue weighted by Gasteiger charge is -2.09. The second-order valence-corrected chi connectivity index (χ2v) is 6.96. The maximum Gasteiger partial charge on any atom is 0.211 e. The van der Waals surface area contributed by atoms with E-state index in [2.05, 4.69) is 16.6 Å². The van der Waals surface area contributed by atoms with Crippen LogP contribution >= 0.6 is 11.6 Å². The highest BCUT2D eigenvalue weighted by atomic mass is 35.5. The molecule has 1 N–H and O–H groups in total. The summed E-state index contributed by atoms with van der Waals surface area (Å²) >= 11 is 5.69. The van der Waals surface area contributed by atoms with Gasteiger partial charge in [-0.2, -0.15) is 0 Å². The number of nitrogens with one attached hydrogen (secondary N) is 1. The smallest absolute Gasteiger partial charge is 0.211 e. The van der Waals surface area contributed by atoms with Crippen LogP contribution in [-0.2, 0) is 16.4 Å². The second kappa shape index (κ2) is 8.51. The van der Waals surface area contributed by atoms with E-state index in [9.17, 15) is 8.42 Å². The zero-order valence-electron chi connectivity index (χ0n) is 11.2. The average molecular weight is 305 g/mol. The second-order valence-electron chi connectivity index (χ2n) is 4.72. The number of aromatic nitrogens is 1. The third-order valence-corrected chi connectivity index (χ3v) is 4.78. The SMILES string of the molecule is CC(CCl)CCCNS(=O)(=O)CCc1ccncc1. The van der Waals surface area contributed by atoms with E-state index < -0.39 is 10.0 Å². The zero-order valence-corrected chi connectivity index (χ0v) is 12.8. The van der Waals surface area contributed by atoms with Crippen LogP contribution in [0.3, 0.4) is 0 Å². The van der Waals surface area contributed by atoms with Crippen LogP contribution in [0.4, 0.5) is 0 Å². The Labute approximate surface area is 120 Å². The van der Waals surface area contributed by atoms with Crippen molar-refractivity contribution in [1.82, 2.24) is 9.71 Å². The summed E-state index contributed by atoms with van der Waals surface area (Å²) in [6.45, 7) is 2.55. The van der Waals surface area contributed by atoms with E-state index in [-0.39, 0.29) is 5.75 Å². The van der Waals surface area contributed by atoms with Gasteiger partial charge in [-0.1, -0.05) is 6.92 Å². The standard InChI is InChI=1S/C13H21ClN2O2S/c1-12(11-14)3-2-7-16-19(17,18)10-6-13-4-8-15-9-5-13/h4-5,8-9,12,16H,2-3,6-7,10-11H2,1H3. The van der Waals surface area contributed by atoms with E-state index in [0.29, 0.717) is 24.8 Å². The molecule has 1 aromatic rings. The summed E-state index contributed by atoms with van der Waals surface area (Å²) in [4.78, 5) is 3.90. The van der Waals surface area contributed by atoms with Gasteiger partial charge < -0.3 is 0 Å². The average Bonchev–Trinajstić information content (AvgIpc) is 2.42. The van der Waals surface area contributed by atoms with E-state index in [1.165, 1.54) is 0 Å². The zero-order chi connectivity index (χ0) is 14.1. The molecule has 6 heteroatoms. The van der Waals surface area contributed by atoms with Gasteiger partial charge in [-0.3, -0.25) is 4.98 Å². The minimum atomic E-state index is -3.19. The number of hydrogen-bond acceptors (Lipinski definition) is 3. The molecule has 0 aromatic carbocycles. The summed E-state index contributed by atoms with van der Waals surface area (Å²) in [5.74, 6) is 1.17. The molecule has 1 unspecified atom stereocenters. The molecule has 0 saturated heterocycles. The molecule has 1 aromatic heterocycles. The number of nitrogens with zero attached hydrogens (tertiary/aromatic N) is 1. The lowest BCUT2D eigenvalue weighted by molar-refractivity contribution is 0.543. The summed E-state index contributed by atoms with van der Waals surface area (Å²) in [6.07, 6.45) is 5.61. The first kappa shape index (κ1) is 16.4. The van der Waals surface area contributed by atoms with Crippen molar-refractivity contribution in [2.75, 3.05) is 18.2 Å². The van der Waals surface area contributed by atoms with Gasteiger partial charge in [0.2, 0.25) is 10.0 Å². The van der Waals surface area contributed by atoms with Gasteiger partial charge in [-0.25, -0.2) is 13.1 Å². The number of alkyl halides is 1. The Hall–Kier alpha value is -0.650. The van der Waals surface area contributed by atoms with E-state index in [1.807, 2.05) is 12.1 Å². The number of aryl methyl sites for hydroxylation is 1. The van der Waals surface area contributed by atoms with Crippen LogP contribution in [0.1, 0.15) is 25.3 Å². The van der Waals surface area contributed by atoms with E-state index in [1.54, 1.807) is 12.4 Å². The molecule has 0 bridgehead atoms. The Morgan fingerprint density at radius 1 is 1.37 bits per heavy atom. The normalized spacial score (nSPS) is 13.4. The number of rotatable bonds is 9. The van der Waals surface area contributed by atoms with E-state index in [0.717, 1.165) is 18.4 Å². The van der Waals surface area contributed by atoms with Gasteiger partial charge in [0.1, 0.15) is 0 Å². The molecule has 0 spiro atoms. The van der Waals surface area contributed by atoms with E-state index >= 15 is 0 Å². The van der Waals surface area contributed by atoms with Gasteiger partial charge in [-0.05, 0) is 42.9 Å². The predicted octanol–water partition coefficient (Wildman–Crippen LogP) is 2.20. The number of sulfonamides is 1. The van der Waals surface area contributed by atoms with Gasteiger partial charge in [0.15, 0.2) is 0 Å². The first-order valence-electron chi connectivity index (χ1n) is 6.45. The van der Waals surface area contributed by atoms with Crippen molar-refractivity contribution in [1.29, 1.82) is 0 Å². The van der Waals surface area contributed by atoms with Crippen LogP contribution in [0.25, 0.3) is 0 Å². The molecule has 108 valence electrons. The van der Waals surface area contributed by atoms with Crippen molar-refractivity contribution in [2.24, 2.45) is 5.92 Å². The minimum absolute atomic E-state index is 0.113. The van der Waals surface area contributed by atoms with Crippen molar-refractivity contribution >= 4 is 21.6 Å². The molecule has 1 atom stereocenters. The molecule has 0 radical (unpaired) electrons. The quantitative estimate of drug-likeness (QED) is 0.562. The van der Waals surface area contributed by atoms with Crippen molar-refractivity contribution < 1.29 is 8.42 Å². The monoisotopic (exact) mass is 304 g/mol.